The van der Waals surface area contributed by atoms with E-state index in [1.807, 2.05) is 60.7 Å². The lowest BCUT2D eigenvalue weighted by atomic mass is 9.91. The second kappa shape index (κ2) is 9.16. The van der Waals surface area contributed by atoms with Crippen LogP contribution in [0.4, 0.5) is 11.5 Å². The molecule has 1 aliphatic carbocycles. The number of aryl methyl sites for hydroxylation is 2. The lowest BCUT2D eigenvalue weighted by Crippen LogP contribution is -2.20. The minimum absolute atomic E-state index is 0.107. The van der Waals surface area contributed by atoms with Crippen LogP contribution in [-0.4, -0.2) is 15.9 Å². The van der Waals surface area contributed by atoms with Crippen molar-refractivity contribution in [3.63, 3.8) is 0 Å². The first-order valence-electron chi connectivity index (χ1n) is 10.9. The molecular formula is C27H23BrN4O. The largest absolute Gasteiger partial charge is 0.399 e. The Morgan fingerprint density at radius 3 is 2.52 bits per heavy atom. The summed E-state index contributed by atoms with van der Waals surface area (Å²) >= 11 is 3.43. The first-order valence-corrected chi connectivity index (χ1v) is 11.7. The molecule has 3 aromatic carbocycles. The summed E-state index contributed by atoms with van der Waals surface area (Å²) in [6, 6.07) is 23.8. The van der Waals surface area contributed by atoms with Crippen molar-refractivity contribution in [1.82, 2.24) is 9.97 Å². The molecule has 0 aliphatic heterocycles. The quantitative estimate of drug-likeness (QED) is 0.363. The van der Waals surface area contributed by atoms with Gasteiger partial charge in [0.15, 0.2) is 5.82 Å². The van der Waals surface area contributed by atoms with Crippen molar-refractivity contribution in [2.45, 2.75) is 25.7 Å². The number of amides is 1. The number of hydrogen-bond donors (Lipinski definition) is 2. The van der Waals surface area contributed by atoms with Crippen molar-refractivity contribution in [3.8, 4) is 11.3 Å². The van der Waals surface area contributed by atoms with E-state index in [1.165, 1.54) is 5.56 Å². The van der Waals surface area contributed by atoms with Gasteiger partial charge in [-0.2, -0.15) is 0 Å². The number of nitrogens with zero attached hydrogens (tertiary/aromatic N) is 2. The van der Waals surface area contributed by atoms with Crippen molar-refractivity contribution in [1.29, 1.82) is 0 Å². The second-order valence-electron chi connectivity index (χ2n) is 8.24. The predicted molar refractivity (Wildman–Crippen MR) is 135 cm³/mol. The van der Waals surface area contributed by atoms with E-state index in [9.17, 15) is 4.79 Å². The molecule has 6 heteroatoms. The second-order valence-corrected chi connectivity index (χ2v) is 9.16. The number of hydrogen-bond acceptors (Lipinski definition) is 4. The van der Waals surface area contributed by atoms with Crippen LogP contribution in [0.5, 0.6) is 0 Å². The van der Waals surface area contributed by atoms with Gasteiger partial charge in [-0.25, -0.2) is 9.97 Å². The highest BCUT2D eigenvalue weighted by molar-refractivity contribution is 9.10. The maximum atomic E-state index is 12.9. The van der Waals surface area contributed by atoms with Crippen LogP contribution in [0.25, 0.3) is 11.3 Å². The molecule has 0 radical (unpaired) electrons. The zero-order valence-corrected chi connectivity index (χ0v) is 19.6. The number of rotatable bonds is 5. The van der Waals surface area contributed by atoms with Crippen molar-refractivity contribution in [3.05, 3.63) is 105 Å². The van der Waals surface area contributed by atoms with Gasteiger partial charge in [0, 0.05) is 22.1 Å². The number of nitrogen functional groups attached to an aromatic ring is 1. The van der Waals surface area contributed by atoms with Gasteiger partial charge in [-0.3, -0.25) is 4.79 Å². The van der Waals surface area contributed by atoms with Crippen LogP contribution in [-0.2, 0) is 30.5 Å². The van der Waals surface area contributed by atoms with Gasteiger partial charge in [-0.1, -0.05) is 64.5 Å². The topological polar surface area (TPSA) is 80.9 Å². The smallest absolute Gasteiger partial charge is 0.229 e. The van der Waals surface area contributed by atoms with E-state index in [1.54, 1.807) is 0 Å². The molecule has 0 fully saturated rings. The normalized spacial score (nSPS) is 12.0. The maximum absolute atomic E-state index is 12.9. The van der Waals surface area contributed by atoms with Gasteiger partial charge in [0.25, 0.3) is 0 Å². The molecule has 1 aliphatic rings. The Morgan fingerprint density at radius 2 is 1.73 bits per heavy atom. The summed E-state index contributed by atoms with van der Waals surface area (Å²) in [6.45, 7) is 0. The van der Waals surface area contributed by atoms with Gasteiger partial charge in [0.05, 0.1) is 23.5 Å². The molecule has 1 aromatic heterocycles. The molecule has 0 bridgehead atoms. The van der Waals surface area contributed by atoms with E-state index in [4.69, 9.17) is 15.7 Å². The van der Waals surface area contributed by atoms with E-state index in [0.717, 1.165) is 56.8 Å². The van der Waals surface area contributed by atoms with Crippen LogP contribution in [0.15, 0.2) is 77.3 Å². The Bertz CT molecular complexity index is 1320. The number of benzene rings is 3. The zero-order valence-electron chi connectivity index (χ0n) is 18.0. The van der Waals surface area contributed by atoms with Gasteiger partial charge in [0.1, 0.15) is 0 Å². The van der Waals surface area contributed by atoms with Crippen LogP contribution < -0.4 is 11.1 Å². The number of anilines is 2. The van der Waals surface area contributed by atoms with Crippen LogP contribution in [0.3, 0.4) is 0 Å². The summed E-state index contributed by atoms with van der Waals surface area (Å²) in [7, 11) is 0. The van der Waals surface area contributed by atoms with Gasteiger partial charge in [0.2, 0.25) is 5.91 Å². The molecule has 0 atom stereocenters. The summed E-state index contributed by atoms with van der Waals surface area (Å²) in [5.41, 5.74) is 13.6. The zero-order chi connectivity index (χ0) is 22.8. The van der Waals surface area contributed by atoms with Crippen molar-refractivity contribution >= 4 is 33.3 Å². The first kappa shape index (κ1) is 21.3. The number of carbonyl (C=O) groups is 1. The molecule has 4 aromatic rings. The Morgan fingerprint density at radius 1 is 0.939 bits per heavy atom. The number of nitrogens with two attached hydrogens (primary N) is 1. The molecule has 0 saturated heterocycles. The molecule has 164 valence electrons. The van der Waals surface area contributed by atoms with Gasteiger partial charge in [-0.05, 0) is 53.8 Å². The number of nitrogens with one attached hydrogen (secondary N) is 1. The molecule has 1 heterocycles. The van der Waals surface area contributed by atoms with Crippen LogP contribution in [0.2, 0.25) is 0 Å². The van der Waals surface area contributed by atoms with E-state index < -0.39 is 0 Å². The van der Waals surface area contributed by atoms with Crippen molar-refractivity contribution < 1.29 is 4.79 Å². The summed E-state index contributed by atoms with van der Waals surface area (Å²) < 4.78 is 0.986. The fourth-order valence-electron chi connectivity index (χ4n) is 4.18. The SMILES string of the molecule is Nc1ccc2c(c1)CCc1nc(NC(=O)Cc3ccc(Br)cc3)c(Cc3ccccc3)nc1-2. The highest BCUT2D eigenvalue weighted by Crippen LogP contribution is 2.34. The average molecular weight is 499 g/mol. The molecule has 0 unspecified atom stereocenters. The average Bonchev–Trinajstić information content (AvgIpc) is 2.81. The maximum Gasteiger partial charge on any atom is 0.229 e. The summed E-state index contributed by atoms with van der Waals surface area (Å²) in [5, 5.41) is 3.03. The van der Waals surface area contributed by atoms with Crippen LogP contribution >= 0.6 is 15.9 Å². The summed E-state index contributed by atoms with van der Waals surface area (Å²) in [4.78, 5) is 22.8. The monoisotopic (exact) mass is 498 g/mol. The van der Waals surface area contributed by atoms with E-state index in [2.05, 4.69) is 33.4 Å². The minimum Gasteiger partial charge on any atom is -0.399 e. The molecule has 1 amide bonds. The Balaban J connectivity index is 1.50. The Hall–Kier alpha value is -3.51. The molecule has 0 saturated carbocycles. The van der Waals surface area contributed by atoms with Gasteiger partial charge < -0.3 is 11.1 Å². The minimum atomic E-state index is -0.107. The first-order chi connectivity index (χ1) is 16.0. The summed E-state index contributed by atoms with van der Waals surface area (Å²) in [6.07, 6.45) is 2.48. The van der Waals surface area contributed by atoms with Gasteiger partial charge >= 0.3 is 0 Å². The highest BCUT2D eigenvalue weighted by Gasteiger charge is 2.22. The van der Waals surface area contributed by atoms with Crippen LogP contribution in [0, 0.1) is 0 Å². The fourth-order valence-corrected chi connectivity index (χ4v) is 4.44. The molecule has 5 rings (SSSR count). The lowest BCUT2D eigenvalue weighted by molar-refractivity contribution is -0.115. The number of fused-ring (bicyclic) bond motifs is 3. The Labute approximate surface area is 201 Å². The predicted octanol–water partition coefficient (Wildman–Crippen LogP) is 5.36. The summed E-state index contributed by atoms with van der Waals surface area (Å²) in [5.74, 6) is 0.434. The number of carbonyl (C=O) groups excluding carboxylic acids is 1. The Kier molecular flexibility index (Phi) is 5.92. The lowest BCUT2D eigenvalue weighted by Gasteiger charge is -2.21. The molecular weight excluding hydrogens is 476 g/mol. The molecule has 3 N–H and O–H groups in total. The van der Waals surface area contributed by atoms with Gasteiger partial charge in [-0.15, -0.1) is 0 Å². The molecule has 0 spiro atoms. The van der Waals surface area contributed by atoms with E-state index >= 15 is 0 Å². The molecule has 33 heavy (non-hydrogen) atoms. The van der Waals surface area contributed by atoms with Crippen molar-refractivity contribution in [2.24, 2.45) is 0 Å². The van der Waals surface area contributed by atoms with E-state index in [0.29, 0.717) is 12.2 Å². The van der Waals surface area contributed by atoms with E-state index in [-0.39, 0.29) is 12.3 Å². The third kappa shape index (κ3) is 4.81. The third-order valence-electron chi connectivity index (χ3n) is 5.81. The van der Waals surface area contributed by atoms with Crippen LogP contribution in [0.1, 0.15) is 28.1 Å². The molecule has 5 nitrogen and oxygen atoms in total. The van der Waals surface area contributed by atoms with Crippen molar-refractivity contribution in [2.75, 3.05) is 11.1 Å². The number of halogens is 1. The number of aromatic nitrogens is 2. The fraction of sp³-hybridized carbons (Fsp3) is 0.148. The third-order valence-corrected chi connectivity index (χ3v) is 6.33. The standard InChI is InChI=1S/C27H23BrN4O/c28-20-9-6-18(7-10-20)15-25(33)32-27-24(14-17-4-2-1-3-5-17)30-26-22-12-11-21(29)16-19(22)8-13-23(26)31-27/h1-7,9-12,16H,8,13-15,29H2,(H,31,32,33). The highest BCUT2D eigenvalue weighted by atomic mass is 79.9.